The number of carbonyl (C=O) groups is 2. The van der Waals surface area contributed by atoms with Gasteiger partial charge in [-0.3, -0.25) is 14.9 Å². The first-order valence-corrected chi connectivity index (χ1v) is 11.4. The predicted octanol–water partition coefficient (Wildman–Crippen LogP) is 5.51. The van der Waals surface area contributed by atoms with Gasteiger partial charge in [0, 0.05) is 18.1 Å². The summed E-state index contributed by atoms with van der Waals surface area (Å²) in [6.45, 7) is 1.89. The van der Waals surface area contributed by atoms with E-state index in [9.17, 15) is 19.7 Å². The fourth-order valence-electron chi connectivity index (χ4n) is 2.61. The van der Waals surface area contributed by atoms with Gasteiger partial charge in [0.1, 0.15) is 5.02 Å². The highest BCUT2D eigenvalue weighted by atomic mass is 127. The average Bonchev–Trinajstić information content (AvgIpc) is 3.05. The van der Waals surface area contributed by atoms with Gasteiger partial charge in [0.05, 0.1) is 12.1 Å². The molecule has 31 heavy (non-hydrogen) atoms. The van der Waals surface area contributed by atoms with Gasteiger partial charge in [0.2, 0.25) is 5.90 Å². The second kappa shape index (κ2) is 10.0. The number of ether oxygens (including phenoxy) is 2. The summed E-state index contributed by atoms with van der Waals surface area (Å²) in [5.74, 6) is -0.579. The fourth-order valence-corrected chi connectivity index (χ4v) is 4.83. The van der Waals surface area contributed by atoms with Gasteiger partial charge in [-0.15, -0.1) is 0 Å². The Morgan fingerprint density at radius 1 is 1.29 bits per heavy atom. The zero-order valence-corrected chi connectivity index (χ0v) is 20.9. The third kappa shape index (κ3) is 5.60. The van der Waals surface area contributed by atoms with Crippen LogP contribution in [-0.4, -0.2) is 22.8 Å². The second-order valence-electron chi connectivity index (χ2n) is 6.30. The van der Waals surface area contributed by atoms with Crippen LogP contribution in [0.4, 0.5) is 5.69 Å². The molecule has 0 spiro atoms. The Hall–Kier alpha value is -2.06. The topological polar surface area (TPSA) is 108 Å². The van der Waals surface area contributed by atoms with Crippen molar-refractivity contribution < 1.29 is 24.0 Å². The number of benzene rings is 2. The summed E-state index contributed by atoms with van der Waals surface area (Å²) in [7, 11) is 0. The van der Waals surface area contributed by atoms with E-state index >= 15 is 0 Å². The minimum atomic E-state index is -0.684. The van der Waals surface area contributed by atoms with Crippen LogP contribution >= 0.6 is 56.8 Å². The van der Waals surface area contributed by atoms with E-state index in [2.05, 4.69) is 50.2 Å². The lowest BCUT2D eigenvalue weighted by molar-refractivity contribution is -0.384. The molecular formula is C20H13ClI2N2O6. The maximum atomic E-state index is 12.3. The summed E-state index contributed by atoms with van der Waals surface area (Å²) in [6.07, 6.45) is 2.54. The molecule has 3 rings (SSSR count). The lowest BCUT2D eigenvalue weighted by Crippen LogP contribution is -2.09. The molecule has 8 nitrogen and oxygen atoms in total. The quantitative estimate of drug-likeness (QED) is 0.101. The lowest BCUT2D eigenvalue weighted by atomic mass is 10.2. The number of rotatable bonds is 6. The number of halogens is 3. The number of nitro benzene ring substituents is 1. The molecule has 1 aliphatic rings. The van der Waals surface area contributed by atoms with Crippen LogP contribution in [0.3, 0.4) is 0 Å². The molecule has 0 unspecified atom stereocenters. The van der Waals surface area contributed by atoms with Crippen LogP contribution in [0.5, 0.6) is 5.75 Å². The number of aliphatic imine (C=N–C) groups is 1. The molecule has 160 valence electrons. The molecule has 0 N–H and O–H groups in total. The largest absolute Gasteiger partial charge is 0.424 e. The molecule has 1 heterocycles. The normalized spacial score (nSPS) is 14.4. The molecular weight excluding hydrogens is 653 g/mol. The van der Waals surface area contributed by atoms with E-state index in [1.54, 1.807) is 12.1 Å². The van der Waals surface area contributed by atoms with E-state index in [1.807, 2.05) is 6.92 Å². The second-order valence-corrected chi connectivity index (χ2v) is 9.03. The van der Waals surface area contributed by atoms with Crippen molar-refractivity contribution in [3.05, 3.63) is 69.4 Å². The third-order valence-corrected chi connectivity index (χ3v) is 5.93. The molecule has 0 aromatic heterocycles. The summed E-state index contributed by atoms with van der Waals surface area (Å²) < 4.78 is 12.0. The van der Waals surface area contributed by atoms with Gasteiger partial charge in [-0.05, 0) is 87.5 Å². The molecule has 0 saturated heterocycles. The first-order chi connectivity index (χ1) is 14.7. The maximum Gasteiger partial charge on any atom is 0.363 e. The fraction of sp³-hybridized carbons (Fsp3) is 0.150. The number of hydrogen-bond acceptors (Lipinski definition) is 7. The van der Waals surface area contributed by atoms with Crippen LogP contribution < -0.4 is 4.74 Å². The third-order valence-electron chi connectivity index (χ3n) is 4.00. The van der Waals surface area contributed by atoms with Gasteiger partial charge < -0.3 is 9.47 Å². The first kappa shape index (κ1) is 23.6. The highest BCUT2D eigenvalue weighted by Gasteiger charge is 2.26. The molecule has 1 aliphatic heterocycles. The Labute approximate surface area is 209 Å². The predicted molar refractivity (Wildman–Crippen MR) is 131 cm³/mol. The minimum absolute atomic E-state index is 0.0293. The van der Waals surface area contributed by atoms with Crippen molar-refractivity contribution in [3.8, 4) is 5.75 Å². The van der Waals surface area contributed by atoms with Gasteiger partial charge in [-0.2, -0.15) is 0 Å². The Morgan fingerprint density at radius 2 is 1.97 bits per heavy atom. The Balaban J connectivity index is 1.91. The van der Waals surface area contributed by atoms with Crippen LogP contribution in [-0.2, 0) is 14.3 Å². The van der Waals surface area contributed by atoms with Crippen LogP contribution in [0.1, 0.15) is 30.9 Å². The van der Waals surface area contributed by atoms with E-state index in [1.165, 1.54) is 24.3 Å². The minimum Gasteiger partial charge on any atom is -0.424 e. The van der Waals surface area contributed by atoms with Crippen LogP contribution in [0.2, 0.25) is 5.02 Å². The van der Waals surface area contributed by atoms with E-state index in [0.29, 0.717) is 31.3 Å². The van der Waals surface area contributed by atoms with Crippen molar-refractivity contribution in [2.24, 2.45) is 4.99 Å². The van der Waals surface area contributed by atoms with Crippen LogP contribution in [0, 0.1) is 17.3 Å². The number of cyclic esters (lactones) is 1. The van der Waals surface area contributed by atoms with E-state index in [0.717, 1.165) is 0 Å². The van der Waals surface area contributed by atoms with Gasteiger partial charge >= 0.3 is 11.9 Å². The van der Waals surface area contributed by atoms with E-state index in [-0.39, 0.29) is 33.8 Å². The maximum absolute atomic E-state index is 12.3. The van der Waals surface area contributed by atoms with Crippen molar-refractivity contribution in [1.82, 2.24) is 0 Å². The zero-order chi connectivity index (χ0) is 22.7. The summed E-state index contributed by atoms with van der Waals surface area (Å²) in [4.78, 5) is 38.7. The average molecular weight is 667 g/mol. The van der Waals surface area contributed by atoms with Crippen molar-refractivity contribution in [3.63, 3.8) is 0 Å². The summed E-state index contributed by atoms with van der Waals surface area (Å²) in [6, 6.07) is 7.52. The molecule has 0 fully saturated rings. The van der Waals surface area contributed by atoms with Gasteiger partial charge in [0.15, 0.2) is 11.4 Å². The van der Waals surface area contributed by atoms with Gasteiger partial charge in [-0.1, -0.05) is 18.5 Å². The molecule has 0 amide bonds. The zero-order valence-electron chi connectivity index (χ0n) is 15.9. The summed E-state index contributed by atoms with van der Waals surface area (Å²) >= 11 is 9.92. The van der Waals surface area contributed by atoms with Crippen molar-refractivity contribution in [2.45, 2.75) is 19.8 Å². The molecule has 11 heteroatoms. The summed E-state index contributed by atoms with van der Waals surface area (Å²) in [5, 5.41) is 11.1. The highest BCUT2D eigenvalue weighted by molar-refractivity contribution is 14.1. The van der Waals surface area contributed by atoms with Crippen LogP contribution in [0.25, 0.3) is 6.08 Å². The molecule has 2 aromatic carbocycles. The molecule has 0 radical (unpaired) electrons. The molecule has 2 aromatic rings. The van der Waals surface area contributed by atoms with Crippen molar-refractivity contribution >= 4 is 86.4 Å². The van der Waals surface area contributed by atoms with E-state index in [4.69, 9.17) is 21.1 Å². The van der Waals surface area contributed by atoms with Crippen molar-refractivity contribution in [2.75, 3.05) is 0 Å². The molecule has 0 atom stereocenters. The Kier molecular flexibility index (Phi) is 7.64. The standard InChI is InChI=1S/C20H13ClI2N2O6/c1-2-3-17(26)30-18-13(22)6-10(7-14(18)23)8-15-20(27)31-19(24-15)11-4-5-12(21)16(9-11)25(28)29/h4-9H,2-3H2,1H3/b15-8-. The highest BCUT2D eigenvalue weighted by Crippen LogP contribution is 2.31. The number of esters is 2. The van der Waals surface area contributed by atoms with Gasteiger partial charge in [0.25, 0.3) is 5.69 Å². The molecule has 0 saturated carbocycles. The molecule has 0 aliphatic carbocycles. The Bertz CT molecular complexity index is 1140. The smallest absolute Gasteiger partial charge is 0.363 e. The number of nitro groups is 1. The molecule has 0 bridgehead atoms. The summed E-state index contributed by atoms with van der Waals surface area (Å²) in [5.41, 5.74) is 0.640. The number of carbonyl (C=O) groups excluding carboxylic acids is 2. The SMILES string of the molecule is CCCC(=O)Oc1c(I)cc(/C=C2\N=C(c3ccc(Cl)c([N+](=O)[O-])c3)OC2=O)cc1I. The van der Waals surface area contributed by atoms with Crippen molar-refractivity contribution in [1.29, 1.82) is 0 Å². The lowest BCUT2D eigenvalue weighted by Gasteiger charge is -2.09. The monoisotopic (exact) mass is 666 g/mol. The number of nitrogens with zero attached hydrogens (tertiary/aromatic N) is 2. The van der Waals surface area contributed by atoms with Crippen LogP contribution in [0.15, 0.2) is 41.0 Å². The Morgan fingerprint density at radius 3 is 2.58 bits per heavy atom. The van der Waals surface area contributed by atoms with E-state index < -0.39 is 10.9 Å². The van der Waals surface area contributed by atoms with Gasteiger partial charge in [-0.25, -0.2) is 9.79 Å². The first-order valence-electron chi connectivity index (χ1n) is 8.86. The number of hydrogen-bond donors (Lipinski definition) is 0.